The first-order chi connectivity index (χ1) is 15.8. The Morgan fingerprint density at radius 1 is 1.18 bits per heavy atom. The lowest BCUT2D eigenvalue weighted by Gasteiger charge is -2.19. The molecule has 1 N–H and O–H groups in total. The number of carbonyl (C=O) groups is 1. The summed E-state index contributed by atoms with van der Waals surface area (Å²) in [6, 6.07) is 5.23. The molecule has 176 valence electrons. The summed E-state index contributed by atoms with van der Waals surface area (Å²) < 4.78 is 30.5. The van der Waals surface area contributed by atoms with Crippen LogP contribution < -0.4 is 4.72 Å². The van der Waals surface area contributed by atoms with Crippen LogP contribution in [0, 0.1) is 13.8 Å². The topological polar surface area (TPSA) is 97.2 Å². The number of nitrogens with one attached hydrogen (secondary N) is 1. The van der Waals surface area contributed by atoms with Crippen molar-refractivity contribution in [3.8, 4) is 10.7 Å². The van der Waals surface area contributed by atoms with E-state index < -0.39 is 10.0 Å². The predicted molar refractivity (Wildman–Crippen MR) is 129 cm³/mol. The summed E-state index contributed by atoms with van der Waals surface area (Å²) in [6.45, 7) is 5.32. The quantitative estimate of drug-likeness (QED) is 0.572. The number of carbonyl (C=O) groups excluding carboxylic acids is 1. The van der Waals surface area contributed by atoms with E-state index in [0.29, 0.717) is 27.0 Å². The molecule has 0 unspecified atom stereocenters. The monoisotopic (exact) mass is 487 g/mol. The maximum atomic E-state index is 13.1. The molecule has 1 amide bonds. The lowest BCUT2D eigenvalue weighted by Crippen LogP contribution is -2.31. The summed E-state index contributed by atoms with van der Waals surface area (Å²) in [5, 5.41) is 0.644. The maximum absolute atomic E-state index is 13.1. The average Bonchev–Trinajstić information content (AvgIpc) is 3.19. The minimum atomic E-state index is -3.74. The molecule has 4 heterocycles. The van der Waals surface area contributed by atoms with E-state index in [9.17, 15) is 13.2 Å². The van der Waals surface area contributed by atoms with Crippen molar-refractivity contribution >= 4 is 27.3 Å². The Morgan fingerprint density at radius 2 is 1.91 bits per heavy atom. The molecule has 0 bridgehead atoms. The molecule has 33 heavy (non-hydrogen) atoms. The summed E-state index contributed by atoms with van der Waals surface area (Å²) in [7, 11) is -1.92. The van der Waals surface area contributed by atoms with Crippen LogP contribution in [0.3, 0.4) is 0 Å². The van der Waals surface area contributed by atoms with Gasteiger partial charge in [-0.15, -0.1) is 11.3 Å². The second-order valence-electron chi connectivity index (χ2n) is 8.36. The smallest absolute Gasteiger partial charge is 0.265 e. The van der Waals surface area contributed by atoms with Gasteiger partial charge in [0.15, 0.2) is 0 Å². The molecular weight excluding hydrogens is 458 g/mol. The van der Waals surface area contributed by atoms with Crippen LogP contribution >= 0.6 is 11.3 Å². The third kappa shape index (κ3) is 5.02. The summed E-state index contributed by atoms with van der Waals surface area (Å²) in [5.74, 6) is 0.0232. The molecule has 3 aromatic heterocycles. The zero-order chi connectivity index (χ0) is 23.6. The van der Waals surface area contributed by atoms with Crippen molar-refractivity contribution in [2.75, 3.05) is 13.1 Å². The number of sulfonamides is 1. The number of pyridine rings is 1. The van der Waals surface area contributed by atoms with Crippen LogP contribution in [-0.2, 0) is 23.6 Å². The Bertz CT molecular complexity index is 1240. The van der Waals surface area contributed by atoms with E-state index in [1.165, 1.54) is 11.3 Å². The Balaban J connectivity index is 1.60. The van der Waals surface area contributed by atoms with E-state index in [-0.39, 0.29) is 17.3 Å². The molecule has 1 fully saturated rings. The number of nitrogens with zero attached hydrogens (tertiary/aromatic N) is 4. The summed E-state index contributed by atoms with van der Waals surface area (Å²) >= 11 is 1.33. The number of likely N-dealkylation sites (tertiary alicyclic amines) is 1. The van der Waals surface area contributed by atoms with Gasteiger partial charge in [-0.3, -0.25) is 9.78 Å². The molecule has 0 atom stereocenters. The van der Waals surface area contributed by atoms with Gasteiger partial charge in [0.1, 0.15) is 14.8 Å². The number of aromatic nitrogens is 3. The van der Waals surface area contributed by atoms with Crippen LogP contribution in [-0.4, -0.2) is 46.8 Å². The van der Waals surface area contributed by atoms with Crippen molar-refractivity contribution in [2.24, 2.45) is 7.05 Å². The van der Waals surface area contributed by atoms with Crippen molar-refractivity contribution < 1.29 is 13.2 Å². The second-order valence-corrected chi connectivity index (χ2v) is 11.1. The molecular formula is C23H29N5O3S2. The minimum absolute atomic E-state index is 0.0232. The molecule has 1 saturated heterocycles. The molecule has 0 aliphatic carbocycles. The van der Waals surface area contributed by atoms with Crippen molar-refractivity contribution in [3.63, 3.8) is 0 Å². The molecule has 8 nitrogen and oxygen atoms in total. The number of hydrogen-bond donors (Lipinski definition) is 1. The number of amides is 1. The van der Waals surface area contributed by atoms with E-state index in [0.717, 1.165) is 44.3 Å². The Kier molecular flexibility index (Phi) is 6.96. The number of aryl methyl sites for hydroxylation is 1. The third-order valence-electron chi connectivity index (χ3n) is 6.07. The summed E-state index contributed by atoms with van der Waals surface area (Å²) in [6.07, 6.45) is 7.65. The molecule has 1 aliphatic rings. The van der Waals surface area contributed by atoms with Crippen LogP contribution in [0.4, 0.5) is 0 Å². The first-order valence-corrected chi connectivity index (χ1v) is 13.4. The fraction of sp³-hybridized carbons (Fsp3) is 0.435. The van der Waals surface area contributed by atoms with Gasteiger partial charge < -0.3 is 9.47 Å². The number of rotatable bonds is 6. The maximum Gasteiger partial charge on any atom is 0.265 e. The van der Waals surface area contributed by atoms with Crippen LogP contribution in [0.25, 0.3) is 10.7 Å². The van der Waals surface area contributed by atoms with Crippen molar-refractivity contribution in [2.45, 2.75) is 51.0 Å². The first-order valence-electron chi connectivity index (χ1n) is 11.1. The highest BCUT2D eigenvalue weighted by molar-refractivity contribution is 7.89. The minimum Gasteiger partial charge on any atom is -0.345 e. The average molecular weight is 488 g/mol. The molecule has 10 heteroatoms. The lowest BCUT2D eigenvalue weighted by atomic mass is 10.2. The van der Waals surface area contributed by atoms with Gasteiger partial charge in [-0.1, -0.05) is 18.9 Å². The van der Waals surface area contributed by atoms with E-state index in [2.05, 4.69) is 14.7 Å². The highest BCUT2D eigenvalue weighted by atomic mass is 32.2. The molecule has 4 rings (SSSR count). The fourth-order valence-electron chi connectivity index (χ4n) is 4.03. The summed E-state index contributed by atoms with van der Waals surface area (Å²) in [5.41, 5.74) is 2.75. The van der Waals surface area contributed by atoms with Crippen LogP contribution in [0.15, 0.2) is 35.5 Å². The summed E-state index contributed by atoms with van der Waals surface area (Å²) in [4.78, 5) is 24.5. The highest BCUT2D eigenvalue weighted by Gasteiger charge is 2.26. The number of hydrogen-bond acceptors (Lipinski definition) is 6. The van der Waals surface area contributed by atoms with Crippen molar-refractivity contribution in [3.05, 3.63) is 52.4 Å². The normalized spacial score (nSPS) is 14.9. The SMILES string of the molecule is Cc1nc(-c2cc(S(=O)(=O)NCc3cccnc3)c(C)n2C)sc1C(=O)N1CCCCCC1. The van der Waals surface area contributed by atoms with E-state index in [1.54, 1.807) is 31.5 Å². The molecule has 0 aromatic carbocycles. The first kappa shape index (κ1) is 23.6. The Morgan fingerprint density at radius 3 is 2.58 bits per heavy atom. The predicted octanol–water partition coefficient (Wildman–Crippen LogP) is 3.66. The Labute approximate surface area is 198 Å². The van der Waals surface area contributed by atoms with E-state index >= 15 is 0 Å². The molecule has 0 saturated carbocycles. The van der Waals surface area contributed by atoms with Crippen LogP contribution in [0.5, 0.6) is 0 Å². The van der Waals surface area contributed by atoms with Gasteiger partial charge in [0.25, 0.3) is 5.91 Å². The zero-order valence-corrected chi connectivity index (χ0v) is 20.8. The molecule has 0 radical (unpaired) electrons. The largest absolute Gasteiger partial charge is 0.345 e. The molecule has 1 aliphatic heterocycles. The van der Waals surface area contributed by atoms with Gasteiger partial charge in [-0.05, 0) is 44.4 Å². The zero-order valence-electron chi connectivity index (χ0n) is 19.2. The lowest BCUT2D eigenvalue weighted by molar-refractivity contribution is 0.0765. The number of thiazole rings is 1. The van der Waals surface area contributed by atoms with Gasteiger partial charge >= 0.3 is 0 Å². The highest BCUT2D eigenvalue weighted by Crippen LogP contribution is 2.33. The molecule has 0 spiro atoms. The van der Waals surface area contributed by atoms with Gasteiger partial charge in [0.2, 0.25) is 10.0 Å². The van der Waals surface area contributed by atoms with Gasteiger partial charge in [-0.25, -0.2) is 18.1 Å². The van der Waals surface area contributed by atoms with Crippen molar-refractivity contribution in [1.82, 2.24) is 24.2 Å². The fourth-order valence-corrected chi connectivity index (χ4v) is 6.42. The second kappa shape index (κ2) is 9.74. The van der Waals surface area contributed by atoms with Crippen molar-refractivity contribution in [1.29, 1.82) is 0 Å². The van der Waals surface area contributed by atoms with Crippen LogP contribution in [0.2, 0.25) is 0 Å². The van der Waals surface area contributed by atoms with E-state index in [1.807, 2.05) is 29.5 Å². The van der Waals surface area contributed by atoms with Gasteiger partial charge in [0.05, 0.1) is 11.4 Å². The Hall–Kier alpha value is -2.56. The third-order valence-corrected chi connectivity index (χ3v) is 8.76. The van der Waals surface area contributed by atoms with Crippen LogP contribution in [0.1, 0.15) is 52.3 Å². The standard InChI is InChI=1S/C23H29N5O3S2/c1-16-21(23(29)28-11-6-4-5-7-12-28)32-22(26-16)19-13-20(17(2)27(19)3)33(30,31)25-15-18-9-8-10-24-14-18/h8-10,13-14,25H,4-7,11-12,15H2,1-3H3. The van der Waals surface area contributed by atoms with E-state index in [4.69, 9.17) is 0 Å². The van der Waals surface area contributed by atoms with Gasteiger partial charge in [0, 0.05) is 44.8 Å². The van der Waals surface area contributed by atoms with Gasteiger partial charge in [-0.2, -0.15) is 0 Å². The molecule has 3 aromatic rings.